The van der Waals surface area contributed by atoms with Crippen molar-refractivity contribution in [1.29, 1.82) is 0 Å². The molecule has 1 fully saturated rings. The fourth-order valence-corrected chi connectivity index (χ4v) is 1.98. The summed E-state index contributed by atoms with van der Waals surface area (Å²) in [6, 6.07) is 8.65. The van der Waals surface area contributed by atoms with Crippen LogP contribution in [0.15, 0.2) is 30.3 Å². The van der Waals surface area contributed by atoms with Crippen molar-refractivity contribution in [3.05, 3.63) is 35.9 Å². The molecule has 0 unspecified atom stereocenters. The lowest BCUT2D eigenvalue weighted by molar-refractivity contribution is 0.0194. The van der Waals surface area contributed by atoms with Crippen molar-refractivity contribution >= 4 is 0 Å². The molecule has 1 aliphatic heterocycles. The van der Waals surface area contributed by atoms with E-state index in [1.807, 2.05) is 30.3 Å². The van der Waals surface area contributed by atoms with Crippen LogP contribution in [-0.2, 0) is 0 Å². The van der Waals surface area contributed by atoms with Crippen molar-refractivity contribution in [3.63, 3.8) is 0 Å². The molecule has 82 valence electrons. The molecule has 4 N–H and O–H groups in total. The van der Waals surface area contributed by atoms with E-state index in [4.69, 9.17) is 5.11 Å². The zero-order valence-corrected chi connectivity index (χ0v) is 8.24. The summed E-state index contributed by atoms with van der Waals surface area (Å²) in [4.78, 5) is 0. The van der Waals surface area contributed by atoms with Gasteiger partial charge in [-0.3, -0.25) is 0 Å². The Morgan fingerprint density at radius 1 is 1.07 bits per heavy atom. The maximum atomic E-state index is 9.79. The van der Waals surface area contributed by atoms with Crippen molar-refractivity contribution in [3.8, 4) is 0 Å². The zero-order chi connectivity index (χ0) is 10.8. The van der Waals surface area contributed by atoms with Crippen molar-refractivity contribution in [2.75, 3.05) is 6.61 Å². The Kier molecular flexibility index (Phi) is 3.02. The van der Waals surface area contributed by atoms with Crippen molar-refractivity contribution in [2.45, 2.75) is 24.3 Å². The average Bonchev–Trinajstić information content (AvgIpc) is 2.57. The molecule has 15 heavy (non-hydrogen) atoms. The first-order chi connectivity index (χ1) is 7.24. The molecule has 1 saturated heterocycles. The maximum Gasteiger partial charge on any atom is 0.101 e. The highest BCUT2D eigenvalue weighted by molar-refractivity contribution is 5.23. The van der Waals surface area contributed by atoms with Gasteiger partial charge in [0, 0.05) is 0 Å². The van der Waals surface area contributed by atoms with Crippen LogP contribution in [0.25, 0.3) is 0 Å². The highest BCUT2D eigenvalue weighted by Gasteiger charge is 2.40. The molecule has 4 nitrogen and oxygen atoms in total. The molecule has 4 atom stereocenters. The molecular formula is C11H15NO3. The molecule has 0 bridgehead atoms. The summed E-state index contributed by atoms with van der Waals surface area (Å²) in [5.74, 6) is 0. The molecule has 0 spiro atoms. The topological polar surface area (TPSA) is 72.7 Å². The smallest absolute Gasteiger partial charge is 0.101 e. The average molecular weight is 209 g/mol. The van der Waals surface area contributed by atoms with Crippen LogP contribution in [-0.4, -0.2) is 40.2 Å². The zero-order valence-electron chi connectivity index (χ0n) is 8.24. The Morgan fingerprint density at radius 2 is 1.73 bits per heavy atom. The molecule has 0 amide bonds. The molecule has 2 rings (SSSR count). The van der Waals surface area contributed by atoms with E-state index in [1.165, 1.54) is 0 Å². The van der Waals surface area contributed by atoms with E-state index in [0.717, 1.165) is 5.56 Å². The Labute approximate surface area is 88.2 Å². The molecule has 1 heterocycles. The summed E-state index contributed by atoms with van der Waals surface area (Å²) >= 11 is 0. The minimum Gasteiger partial charge on any atom is -0.395 e. The van der Waals surface area contributed by atoms with Gasteiger partial charge >= 0.3 is 0 Å². The van der Waals surface area contributed by atoms with Crippen LogP contribution in [0.3, 0.4) is 0 Å². The number of aliphatic hydroxyl groups excluding tert-OH is 3. The second-order valence-corrected chi connectivity index (χ2v) is 3.83. The molecule has 0 aliphatic carbocycles. The SMILES string of the molecule is OC[C@@H]1N[C@H](c2ccccc2)[C@@H](O)[C@@H]1O. The van der Waals surface area contributed by atoms with Gasteiger partial charge in [-0.25, -0.2) is 0 Å². The first kappa shape index (κ1) is 10.6. The number of hydrogen-bond acceptors (Lipinski definition) is 4. The molecule has 0 aromatic heterocycles. The number of nitrogens with one attached hydrogen (secondary N) is 1. The summed E-state index contributed by atoms with van der Waals surface area (Å²) < 4.78 is 0. The van der Waals surface area contributed by atoms with Crippen LogP contribution in [0.2, 0.25) is 0 Å². The fraction of sp³-hybridized carbons (Fsp3) is 0.455. The van der Waals surface area contributed by atoms with Gasteiger partial charge in [0.1, 0.15) is 6.10 Å². The van der Waals surface area contributed by atoms with Gasteiger partial charge in [0.05, 0.1) is 24.8 Å². The highest BCUT2D eigenvalue weighted by atomic mass is 16.3. The summed E-state index contributed by atoms with van der Waals surface area (Å²) in [6.45, 7) is -0.179. The van der Waals surface area contributed by atoms with E-state index in [0.29, 0.717) is 0 Å². The summed E-state index contributed by atoms with van der Waals surface area (Å²) in [5.41, 5.74) is 0.917. The molecular weight excluding hydrogens is 194 g/mol. The van der Waals surface area contributed by atoms with E-state index in [2.05, 4.69) is 5.32 Å². The van der Waals surface area contributed by atoms with Gasteiger partial charge in [-0.1, -0.05) is 30.3 Å². The predicted molar refractivity (Wildman–Crippen MR) is 55.2 cm³/mol. The summed E-state index contributed by atoms with van der Waals surface area (Å²) in [5, 5.41) is 31.4. The van der Waals surface area contributed by atoms with Crippen LogP contribution >= 0.6 is 0 Å². The third-order valence-corrected chi connectivity index (χ3v) is 2.85. The van der Waals surface area contributed by atoms with Crippen LogP contribution < -0.4 is 5.32 Å². The largest absolute Gasteiger partial charge is 0.395 e. The van der Waals surface area contributed by atoms with E-state index in [1.54, 1.807) is 0 Å². The lowest BCUT2D eigenvalue weighted by Gasteiger charge is -2.15. The van der Waals surface area contributed by atoms with Gasteiger partial charge in [-0.15, -0.1) is 0 Å². The third kappa shape index (κ3) is 1.89. The Hall–Kier alpha value is -0.940. The summed E-state index contributed by atoms with van der Waals surface area (Å²) in [6.07, 6.45) is -1.79. The summed E-state index contributed by atoms with van der Waals surface area (Å²) in [7, 11) is 0. The van der Waals surface area contributed by atoms with Crippen molar-refractivity contribution in [1.82, 2.24) is 5.32 Å². The number of benzene rings is 1. The first-order valence-corrected chi connectivity index (χ1v) is 5.02. The monoisotopic (exact) mass is 209 g/mol. The Morgan fingerprint density at radius 3 is 2.27 bits per heavy atom. The fourth-order valence-electron chi connectivity index (χ4n) is 1.98. The van der Waals surface area contributed by atoms with Gasteiger partial charge in [0.25, 0.3) is 0 Å². The minimum atomic E-state index is -0.916. The molecule has 0 saturated carbocycles. The predicted octanol–water partition coefficient (Wildman–Crippen LogP) is -0.586. The van der Waals surface area contributed by atoms with Crippen LogP contribution in [0.1, 0.15) is 11.6 Å². The normalized spacial score (nSPS) is 35.7. The Balaban J connectivity index is 2.19. The lowest BCUT2D eigenvalue weighted by atomic mass is 10.0. The van der Waals surface area contributed by atoms with E-state index >= 15 is 0 Å². The van der Waals surface area contributed by atoms with Gasteiger partial charge in [-0.2, -0.15) is 0 Å². The van der Waals surface area contributed by atoms with Crippen LogP contribution in [0.5, 0.6) is 0 Å². The van der Waals surface area contributed by atoms with Crippen molar-refractivity contribution in [2.24, 2.45) is 0 Å². The highest BCUT2D eigenvalue weighted by Crippen LogP contribution is 2.27. The van der Waals surface area contributed by atoms with Crippen LogP contribution in [0.4, 0.5) is 0 Å². The number of rotatable bonds is 2. The van der Waals surface area contributed by atoms with Gasteiger partial charge in [-0.05, 0) is 5.56 Å². The van der Waals surface area contributed by atoms with Crippen LogP contribution in [0, 0.1) is 0 Å². The number of aliphatic hydroxyl groups is 3. The van der Waals surface area contributed by atoms with E-state index in [-0.39, 0.29) is 12.6 Å². The standard InChI is InChI=1S/C11H15NO3/c13-6-8-10(14)11(15)9(12-8)7-4-2-1-3-5-7/h1-5,8-15H,6H2/t8-,9+,10+,11+/m0/s1. The second-order valence-electron chi connectivity index (χ2n) is 3.83. The molecule has 1 aromatic carbocycles. The molecule has 1 aliphatic rings. The van der Waals surface area contributed by atoms with Gasteiger partial charge < -0.3 is 20.6 Å². The minimum absolute atomic E-state index is 0.179. The van der Waals surface area contributed by atoms with Crippen molar-refractivity contribution < 1.29 is 15.3 Å². The van der Waals surface area contributed by atoms with Gasteiger partial charge in [0.2, 0.25) is 0 Å². The lowest BCUT2D eigenvalue weighted by Crippen LogP contribution is -2.35. The Bertz CT molecular complexity index is 317. The number of hydrogen-bond donors (Lipinski definition) is 4. The maximum absolute atomic E-state index is 9.79. The molecule has 0 radical (unpaired) electrons. The van der Waals surface area contributed by atoms with E-state index in [9.17, 15) is 10.2 Å². The van der Waals surface area contributed by atoms with E-state index < -0.39 is 18.2 Å². The van der Waals surface area contributed by atoms with Gasteiger partial charge in [0.15, 0.2) is 0 Å². The third-order valence-electron chi connectivity index (χ3n) is 2.85. The molecule has 4 heteroatoms. The molecule has 1 aromatic rings. The quantitative estimate of drug-likeness (QED) is 0.525. The first-order valence-electron chi connectivity index (χ1n) is 5.02. The second kappa shape index (κ2) is 4.28.